The lowest BCUT2D eigenvalue weighted by molar-refractivity contribution is -0.125. The summed E-state index contributed by atoms with van der Waals surface area (Å²) in [5.41, 5.74) is 2.24. The van der Waals surface area contributed by atoms with Gasteiger partial charge in [0.05, 0.1) is 13.2 Å². The number of hydrogen-bond acceptors (Lipinski definition) is 4. The van der Waals surface area contributed by atoms with Crippen molar-refractivity contribution in [2.24, 2.45) is 0 Å². The second kappa shape index (κ2) is 9.22. The molecular weight excluding hydrogens is 362 g/mol. The molecule has 0 radical (unpaired) electrons. The molecule has 0 saturated carbocycles. The number of ether oxygens (including phenoxy) is 1. The third-order valence-corrected chi connectivity index (χ3v) is 5.41. The van der Waals surface area contributed by atoms with E-state index < -0.39 is 0 Å². The Hall–Kier alpha value is -2.08. The minimum absolute atomic E-state index is 0.0517. The third kappa shape index (κ3) is 5.01. The van der Waals surface area contributed by atoms with Crippen molar-refractivity contribution in [2.45, 2.75) is 31.6 Å². The van der Waals surface area contributed by atoms with E-state index in [1.54, 1.807) is 14.2 Å². The second-order valence-electron chi connectivity index (χ2n) is 6.81. The van der Waals surface area contributed by atoms with Crippen molar-refractivity contribution in [2.75, 3.05) is 20.7 Å². The van der Waals surface area contributed by atoms with Gasteiger partial charge in [-0.25, -0.2) is 0 Å². The molecule has 1 saturated heterocycles. The molecule has 0 unspecified atom stereocenters. The van der Waals surface area contributed by atoms with Crippen molar-refractivity contribution in [3.8, 4) is 5.75 Å². The first-order valence-electron chi connectivity index (χ1n) is 9.16. The number of nitrogens with one attached hydrogen (secondary N) is 2. The average molecular weight is 388 g/mol. The average Bonchev–Trinajstić information content (AvgIpc) is 3.10. The van der Waals surface area contributed by atoms with E-state index in [0.717, 1.165) is 35.8 Å². The zero-order valence-corrected chi connectivity index (χ0v) is 16.5. The number of methoxy groups -OCH3 is 1. The van der Waals surface area contributed by atoms with Crippen LogP contribution in [0.4, 0.5) is 0 Å². The monoisotopic (exact) mass is 387 g/mol. The summed E-state index contributed by atoms with van der Waals surface area (Å²) >= 11 is 6.31. The Bertz CT molecular complexity index is 766. The van der Waals surface area contributed by atoms with Crippen molar-refractivity contribution >= 4 is 17.5 Å². The van der Waals surface area contributed by atoms with Gasteiger partial charge in [0, 0.05) is 37.7 Å². The van der Waals surface area contributed by atoms with E-state index in [-0.39, 0.29) is 18.0 Å². The second-order valence-corrected chi connectivity index (χ2v) is 7.22. The molecule has 1 amide bonds. The van der Waals surface area contributed by atoms with Crippen LogP contribution in [-0.4, -0.2) is 43.6 Å². The van der Waals surface area contributed by atoms with E-state index in [4.69, 9.17) is 16.3 Å². The number of carbonyl (C=O) groups excluding carboxylic acids is 1. The molecule has 0 aliphatic carbocycles. The highest BCUT2D eigenvalue weighted by Crippen LogP contribution is 2.24. The Labute approximate surface area is 165 Å². The van der Waals surface area contributed by atoms with Gasteiger partial charge >= 0.3 is 0 Å². The molecule has 1 fully saturated rings. The van der Waals surface area contributed by atoms with Gasteiger partial charge in [0.2, 0.25) is 5.91 Å². The van der Waals surface area contributed by atoms with Crippen molar-refractivity contribution in [1.82, 2.24) is 15.5 Å². The summed E-state index contributed by atoms with van der Waals surface area (Å²) in [4.78, 5) is 14.6. The Morgan fingerprint density at radius 3 is 2.63 bits per heavy atom. The van der Waals surface area contributed by atoms with Crippen LogP contribution in [0.5, 0.6) is 5.75 Å². The number of likely N-dealkylation sites (tertiary alicyclic amines) is 1. The van der Waals surface area contributed by atoms with Gasteiger partial charge in [-0.2, -0.15) is 0 Å². The molecule has 2 aromatic rings. The highest BCUT2D eigenvalue weighted by atomic mass is 35.5. The number of likely N-dealkylation sites (N-methyl/N-ethyl adjacent to an activating group) is 1. The van der Waals surface area contributed by atoms with E-state index in [9.17, 15) is 4.79 Å². The predicted molar refractivity (Wildman–Crippen MR) is 108 cm³/mol. The standard InChI is InChI=1S/C21H26ClN3O2/c1-23-21(26)20-11-17(24-12-15-7-9-18(27-2)10-8-15)14-25(20)13-16-5-3-4-6-19(16)22/h3-10,17,20,24H,11-14H2,1-2H3,(H,23,26)/t17-,20-/m0/s1. The lowest BCUT2D eigenvalue weighted by Gasteiger charge is -2.23. The van der Waals surface area contributed by atoms with Crippen LogP contribution in [0.1, 0.15) is 17.5 Å². The molecule has 2 atom stereocenters. The lowest BCUT2D eigenvalue weighted by Crippen LogP contribution is -2.41. The van der Waals surface area contributed by atoms with Crippen LogP contribution >= 0.6 is 11.6 Å². The van der Waals surface area contributed by atoms with Crippen LogP contribution in [0.2, 0.25) is 5.02 Å². The molecule has 1 aliphatic rings. The summed E-state index contributed by atoms with van der Waals surface area (Å²) in [5, 5.41) is 7.11. The lowest BCUT2D eigenvalue weighted by atomic mass is 10.1. The van der Waals surface area contributed by atoms with E-state index in [1.165, 1.54) is 5.56 Å². The summed E-state index contributed by atoms with van der Waals surface area (Å²) in [5.74, 6) is 0.904. The van der Waals surface area contributed by atoms with Crippen LogP contribution in [0.3, 0.4) is 0 Å². The predicted octanol–water partition coefficient (Wildman–Crippen LogP) is 2.83. The van der Waals surface area contributed by atoms with Crippen LogP contribution in [0.15, 0.2) is 48.5 Å². The van der Waals surface area contributed by atoms with Gasteiger partial charge in [0.25, 0.3) is 0 Å². The van der Waals surface area contributed by atoms with Crippen LogP contribution in [0.25, 0.3) is 0 Å². The minimum Gasteiger partial charge on any atom is -0.497 e. The first kappa shape index (κ1) is 19.7. The third-order valence-electron chi connectivity index (χ3n) is 5.04. The number of amides is 1. The van der Waals surface area contributed by atoms with Crippen LogP contribution < -0.4 is 15.4 Å². The van der Waals surface area contributed by atoms with Crippen LogP contribution in [0, 0.1) is 0 Å². The van der Waals surface area contributed by atoms with E-state index in [0.29, 0.717) is 6.54 Å². The number of benzene rings is 2. The molecule has 0 aromatic heterocycles. The topological polar surface area (TPSA) is 53.6 Å². The Morgan fingerprint density at radius 1 is 1.22 bits per heavy atom. The molecule has 1 aliphatic heterocycles. The van der Waals surface area contributed by atoms with Gasteiger partial charge in [-0.3, -0.25) is 9.69 Å². The number of nitrogens with zero attached hydrogens (tertiary/aromatic N) is 1. The molecule has 2 aromatic carbocycles. The van der Waals surface area contributed by atoms with Gasteiger partial charge < -0.3 is 15.4 Å². The summed E-state index contributed by atoms with van der Waals surface area (Å²) in [6.07, 6.45) is 0.778. The molecule has 6 heteroatoms. The SMILES string of the molecule is CNC(=O)[C@@H]1C[C@H](NCc2ccc(OC)cc2)CN1Cc1ccccc1Cl. The smallest absolute Gasteiger partial charge is 0.237 e. The summed E-state index contributed by atoms with van der Waals surface area (Å²) in [6.45, 7) is 2.23. The molecule has 0 spiro atoms. The van der Waals surface area contributed by atoms with E-state index in [2.05, 4.69) is 27.7 Å². The fourth-order valence-electron chi connectivity index (χ4n) is 3.52. The Balaban J connectivity index is 1.63. The summed E-state index contributed by atoms with van der Waals surface area (Å²) in [6, 6.07) is 15.9. The quantitative estimate of drug-likeness (QED) is 0.767. The van der Waals surface area contributed by atoms with E-state index >= 15 is 0 Å². The van der Waals surface area contributed by atoms with Gasteiger partial charge in [-0.1, -0.05) is 41.9 Å². The maximum atomic E-state index is 12.4. The number of halogens is 1. The summed E-state index contributed by atoms with van der Waals surface area (Å²) < 4.78 is 5.20. The number of carbonyl (C=O) groups is 1. The normalized spacial score (nSPS) is 19.8. The fraction of sp³-hybridized carbons (Fsp3) is 0.381. The van der Waals surface area contributed by atoms with Crippen molar-refractivity contribution in [1.29, 1.82) is 0 Å². The molecule has 5 nitrogen and oxygen atoms in total. The Morgan fingerprint density at radius 2 is 1.96 bits per heavy atom. The molecular formula is C21H26ClN3O2. The first-order valence-corrected chi connectivity index (χ1v) is 9.54. The van der Waals surface area contributed by atoms with Gasteiger partial charge in [0.15, 0.2) is 0 Å². The highest BCUT2D eigenvalue weighted by molar-refractivity contribution is 6.31. The molecule has 0 bridgehead atoms. The van der Waals surface area contributed by atoms with Gasteiger partial charge in [-0.15, -0.1) is 0 Å². The fourth-order valence-corrected chi connectivity index (χ4v) is 3.71. The van der Waals surface area contributed by atoms with Gasteiger partial charge in [-0.05, 0) is 35.7 Å². The largest absolute Gasteiger partial charge is 0.497 e. The van der Waals surface area contributed by atoms with Gasteiger partial charge in [0.1, 0.15) is 5.75 Å². The zero-order valence-electron chi connectivity index (χ0n) is 15.7. The number of hydrogen-bond donors (Lipinski definition) is 2. The van der Waals surface area contributed by atoms with Crippen molar-refractivity contribution in [3.05, 3.63) is 64.7 Å². The maximum Gasteiger partial charge on any atom is 0.237 e. The Kier molecular flexibility index (Phi) is 6.72. The van der Waals surface area contributed by atoms with Crippen LogP contribution in [-0.2, 0) is 17.9 Å². The van der Waals surface area contributed by atoms with Crippen molar-refractivity contribution in [3.63, 3.8) is 0 Å². The minimum atomic E-state index is -0.153. The maximum absolute atomic E-state index is 12.4. The molecule has 2 N–H and O–H groups in total. The molecule has 3 rings (SSSR count). The molecule has 144 valence electrons. The molecule has 27 heavy (non-hydrogen) atoms. The van der Waals surface area contributed by atoms with E-state index in [1.807, 2.05) is 36.4 Å². The van der Waals surface area contributed by atoms with Crippen molar-refractivity contribution < 1.29 is 9.53 Å². The highest BCUT2D eigenvalue weighted by Gasteiger charge is 2.36. The number of rotatable bonds is 7. The zero-order chi connectivity index (χ0) is 19.2. The molecule has 1 heterocycles. The first-order chi connectivity index (χ1) is 13.1. The summed E-state index contributed by atoms with van der Waals surface area (Å²) in [7, 11) is 3.35.